The Morgan fingerprint density at radius 3 is 2.33 bits per heavy atom. The quantitative estimate of drug-likeness (QED) is 0.493. The predicted molar refractivity (Wildman–Crippen MR) is 122 cm³/mol. The molecule has 1 fully saturated rings. The number of ether oxygens (including phenoxy) is 1. The van der Waals surface area contributed by atoms with E-state index in [1.807, 2.05) is 7.05 Å². The number of carboxylic acid groups (broad SMARTS) is 2. The van der Waals surface area contributed by atoms with E-state index in [-0.39, 0.29) is 5.69 Å². The number of nitrogens with zero attached hydrogens (tertiary/aromatic N) is 6. The third-order valence-electron chi connectivity index (χ3n) is 5.20. The molecule has 2 aliphatic rings. The first kappa shape index (κ1) is 26.7. The van der Waals surface area contributed by atoms with Crippen LogP contribution in [-0.2, 0) is 14.3 Å². The molecule has 1 saturated heterocycles. The number of halogens is 1. The lowest BCUT2D eigenvalue weighted by Crippen LogP contribution is -2.48. The van der Waals surface area contributed by atoms with Crippen molar-refractivity contribution in [2.45, 2.75) is 18.8 Å². The number of carbonyl (C=O) groups is 4. The largest absolute Gasteiger partial charge is 0.481 e. The van der Waals surface area contributed by atoms with Crippen LogP contribution in [0.25, 0.3) is 0 Å². The molecule has 0 aromatic carbocycles. The molecule has 2 aromatic heterocycles. The van der Waals surface area contributed by atoms with E-state index in [0.29, 0.717) is 29.6 Å². The van der Waals surface area contributed by atoms with Gasteiger partial charge in [0.05, 0.1) is 11.4 Å². The van der Waals surface area contributed by atoms with Gasteiger partial charge in [0.2, 0.25) is 6.23 Å². The van der Waals surface area contributed by atoms with E-state index < -0.39 is 42.7 Å². The van der Waals surface area contributed by atoms with Gasteiger partial charge in [-0.1, -0.05) is 11.6 Å². The second-order valence-electron chi connectivity index (χ2n) is 7.78. The number of hydrogen-bond donors (Lipinski definition) is 3. The minimum Gasteiger partial charge on any atom is -0.481 e. The molecule has 0 saturated carbocycles. The van der Waals surface area contributed by atoms with Crippen LogP contribution in [0.5, 0.6) is 0 Å². The fraction of sp³-hybridized carbons (Fsp3) is 0.381. The zero-order valence-electron chi connectivity index (χ0n) is 19.0. The molecular weight excluding hydrogens is 500 g/mol. The average Bonchev–Trinajstić information content (AvgIpc) is 3.11. The summed E-state index contributed by atoms with van der Waals surface area (Å²) in [4.78, 5) is 62.4. The van der Waals surface area contributed by atoms with Crippen molar-refractivity contribution in [3.05, 3.63) is 47.1 Å². The molecule has 2 unspecified atom stereocenters. The Labute approximate surface area is 209 Å². The molecule has 4 rings (SSSR count). The Bertz CT molecular complexity index is 1130. The summed E-state index contributed by atoms with van der Waals surface area (Å²) in [6.45, 7) is 2.64. The number of aliphatic hydroxyl groups is 1. The summed E-state index contributed by atoms with van der Waals surface area (Å²) in [6.07, 6.45) is 0.238. The number of aliphatic hydroxyl groups excluding tert-OH is 1. The molecule has 0 radical (unpaired) electrons. The summed E-state index contributed by atoms with van der Waals surface area (Å²) in [7, 11) is 2.00. The fourth-order valence-electron chi connectivity index (χ4n) is 3.29. The molecule has 3 N–H and O–H groups in total. The SMILES string of the molecule is CN1CCN(C(=O)OC2c3nccnc3C(=O)N2c2ccc(Cl)cn2)CC1.O=C(O)CC(O)C(=O)O. The molecule has 0 bridgehead atoms. The summed E-state index contributed by atoms with van der Waals surface area (Å²) >= 11 is 5.89. The van der Waals surface area contributed by atoms with Crippen LogP contribution < -0.4 is 4.90 Å². The lowest BCUT2D eigenvalue weighted by molar-refractivity contribution is -0.152. The average molecular weight is 523 g/mol. The van der Waals surface area contributed by atoms with Crippen LogP contribution in [0.3, 0.4) is 0 Å². The first-order valence-electron chi connectivity index (χ1n) is 10.6. The maximum Gasteiger partial charge on any atom is 0.412 e. The number of carboxylic acids is 2. The highest BCUT2D eigenvalue weighted by Gasteiger charge is 2.44. The number of aromatic nitrogens is 3. The van der Waals surface area contributed by atoms with Gasteiger partial charge in [-0.25, -0.2) is 24.5 Å². The van der Waals surface area contributed by atoms with E-state index in [4.69, 9.17) is 31.7 Å². The molecule has 2 aromatic rings. The van der Waals surface area contributed by atoms with E-state index in [1.165, 1.54) is 23.5 Å². The van der Waals surface area contributed by atoms with Gasteiger partial charge in [0, 0.05) is 44.8 Å². The van der Waals surface area contributed by atoms with Crippen molar-refractivity contribution in [1.29, 1.82) is 0 Å². The molecule has 15 heteroatoms. The fourth-order valence-corrected chi connectivity index (χ4v) is 3.40. The van der Waals surface area contributed by atoms with Gasteiger partial charge in [-0.3, -0.25) is 14.6 Å². The van der Waals surface area contributed by atoms with Gasteiger partial charge in [0.15, 0.2) is 11.8 Å². The molecule has 2 aliphatic heterocycles. The molecular formula is C21H23ClN6O8. The second-order valence-corrected chi connectivity index (χ2v) is 8.21. The molecule has 0 spiro atoms. The normalized spacial score (nSPS) is 18.1. The highest BCUT2D eigenvalue weighted by Crippen LogP contribution is 2.35. The summed E-state index contributed by atoms with van der Waals surface area (Å²) in [6, 6.07) is 3.20. The minimum absolute atomic E-state index is 0.144. The van der Waals surface area contributed by atoms with E-state index in [2.05, 4.69) is 19.9 Å². The van der Waals surface area contributed by atoms with Gasteiger partial charge in [-0.2, -0.15) is 0 Å². The molecule has 192 valence electrons. The number of likely N-dealkylation sites (N-methyl/N-ethyl adjacent to an activating group) is 1. The lowest BCUT2D eigenvalue weighted by Gasteiger charge is -2.33. The Balaban J connectivity index is 0.000000345. The van der Waals surface area contributed by atoms with Crippen molar-refractivity contribution in [3.63, 3.8) is 0 Å². The smallest absolute Gasteiger partial charge is 0.412 e. The highest BCUT2D eigenvalue weighted by molar-refractivity contribution is 6.30. The number of piperazine rings is 1. The summed E-state index contributed by atoms with van der Waals surface area (Å²) in [5.41, 5.74) is 0.437. The Kier molecular flexibility index (Phi) is 8.68. The maximum atomic E-state index is 12.8. The number of fused-ring (bicyclic) bond motifs is 1. The third-order valence-corrected chi connectivity index (χ3v) is 5.43. The number of aliphatic carboxylic acids is 2. The van der Waals surface area contributed by atoms with Gasteiger partial charge in [-0.05, 0) is 19.2 Å². The Morgan fingerprint density at radius 2 is 1.78 bits per heavy atom. The summed E-state index contributed by atoms with van der Waals surface area (Å²) in [5.74, 6) is -2.97. The summed E-state index contributed by atoms with van der Waals surface area (Å²) in [5, 5.41) is 24.6. The van der Waals surface area contributed by atoms with E-state index in [9.17, 15) is 19.2 Å². The summed E-state index contributed by atoms with van der Waals surface area (Å²) < 4.78 is 5.68. The molecule has 2 atom stereocenters. The van der Waals surface area contributed by atoms with Crippen molar-refractivity contribution >= 4 is 41.4 Å². The van der Waals surface area contributed by atoms with Gasteiger partial charge >= 0.3 is 18.0 Å². The topological polar surface area (TPSA) is 187 Å². The second kappa shape index (κ2) is 11.7. The first-order valence-corrected chi connectivity index (χ1v) is 11.0. The van der Waals surface area contributed by atoms with Crippen LogP contribution in [-0.4, -0.2) is 103 Å². The van der Waals surface area contributed by atoms with Crippen molar-refractivity contribution in [2.24, 2.45) is 0 Å². The minimum atomic E-state index is -1.79. The van der Waals surface area contributed by atoms with Gasteiger partial charge in [0.1, 0.15) is 11.5 Å². The highest BCUT2D eigenvalue weighted by atomic mass is 35.5. The molecule has 2 amide bonds. The first-order chi connectivity index (χ1) is 17.1. The molecule has 0 aliphatic carbocycles. The Morgan fingerprint density at radius 1 is 1.11 bits per heavy atom. The van der Waals surface area contributed by atoms with Gasteiger partial charge in [-0.15, -0.1) is 0 Å². The zero-order chi connectivity index (χ0) is 26.4. The number of carbonyl (C=O) groups excluding carboxylic acids is 2. The van der Waals surface area contributed by atoms with Crippen LogP contribution in [0.15, 0.2) is 30.7 Å². The van der Waals surface area contributed by atoms with Crippen LogP contribution in [0, 0.1) is 0 Å². The monoisotopic (exact) mass is 522 g/mol. The van der Waals surface area contributed by atoms with Gasteiger partial charge in [0.25, 0.3) is 5.91 Å². The van der Waals surface area contributed by atoms with Crippen molar-refractivity contribution in [3.8, 4) is 0 Å². The number of pyridine rings is 1. The van der Waals surface area contributed by atoms with E-state index in [1.54, 1.807) is 17.0 Å². The molecule has 14 nitrogen and oxygen atoms in total. The van der Waals surface area contributed by atoms with Crippen molar-refractivity contribution < 1.29 is 39.2 Å². The zero-order valence-corrected chi connectivity index (χ0v) is 19.8. The van der Waals surface area contributed by atoms with Crippen molar-refractivity contribution in [1.82, 2.24) is 24.8 Å². The standard InChI is InChI=1S/C17H17ClN6O3.C4H6O5/c1-22-6-8-23(9-7-22)17(26)27-16-14-13(19-4-5-20-14)15(25)24(16)12-3-2-11(18)10-21-12;5-2(4(8)9)1-3(6)7/h2-5,10,16H,6-9H2,1H3;2,5H,1H2,(H,6,7)(H,8,9). The van der Waals surface area contributed by atoms with Crippen LogP contribution >= 0.6 is 11.6 Å². The number of rotatable bonds is 5. The number of anilines is 1. The predicted octanol–water partition coefficient (Wildman–Crippen LogP) is 0.475. The molecule has 4 heterocycles. The van der Waals surface area contributed by atoms with Gasteiger partial charge < -0.3 is 29.9 Å². The van der Waals surface area contributed by atoms with E-state index >= 15 is 0 Å². The van der Waals surface area contributed by atoms with E-state index in [0.717, 1.165) is 13.1 Å². The number of hydrogen-bond acceptors (Lipinski definition) is 10. The Hall–Kier alpha value is -3.88. The third kappa shape index (κ3) is 6.41. The lowest BCUT2D eigenvalue weighted by atomic mass is 10.3. The number of amides is 2. The van der Waals surface area contributed by atoms with Crippen LogP contribution in [0.4, 0.5) is 10.6 Å². The van der Waals surface area contributed by atoms with Crippen LogP contribution in [0.1, 0.15) is 28.8 Å². The van der Waals surface area contributed by atoms with Crippen LogP contribution in [0.2, 0.25) is 5.02 Å². The maximum absolute atomic E-state index is 12.8. The molecule has 36 heavy (non-hydrogen) atoms. The van der Waals surface area contributed by atoms with Crippen molar-refractivity contribution in [2.75, 3.05) is 38.1 Å².